The minimum absolute atomic E-state index is 0.0462. The molecule has 60 valence electrons. The van der Waals surface area contributed by atoms with Crippen LogP contribution in [0.5, 0.6) is 0 Å². The van der Waals surface area contributed by atoms with Gasteiger partial charge in [0.15, 0.2) is 0 Å². The predicted octanol–water partition coefficient (Wildman–Crippen LogP) is 1.18. The smallest absolute Gasteiger partial charge is 0.110 e. The number of hydrogen-bond acceptors (Lipinski definition) is 2. The number of hydrogen-bond donors (Lipinski definition) is 1. The van der Waals surface area contributed by atoms with E-state index in [1.54, 1.807) is 0 Å². The summed E-state index contributed by atoms with van der Waals surface area (Å²) in [5.74, 6) is 0. The fraction of sp³-hybridized carbons (Fsp3) is 1.00. The van der Waals surface area contributed by atoms with Crippen LogP contribution in [0.4, 0.5) is 0 Å². The van der Waals surface area contributed by atoms with Crippen molar-refractivity contribution in [1.29, 1.82) is 0 Å². The van der Waals surface area contributed by atoms with Crippen LogP contribution in [0.25, 0.3) is 0 Å². The lowest BCUT2D eigenvalue weighted by Crippen LogP contribution is -2.31. The van der Waals surface area contributed by atoms with E-state index in [9.17, 15) is 5.11 Å². The first kappa shape index (κ1) is 8.02. The van der Waals surface area contributed by atoms with Crippen LogP contribution in [-0.2, 0) is 4.74 Å². The molecule has 0 radical (unpaired) electrons. The summed E-state index contributed by atoms with van der Waals surface area (Å²) in [6, 6.07) is 0. The van der Waals surface area contributed by atoms with Crippen LogP contribution in [0, 0.1) is 5.41 Å². The first-order valence-electron chi connectivity index (χ1n) is 3.76. The molecule has 0 spiro atoms. The van der Waals surface area contributed by atoms with Gasteiger partial charge in [-0.2, -0.15) is 0 Å². The molecular weight excluding hydrogens is 128 g/mol. The minimum atomic E-state index is -0.317. The van der Waals surface area contributed by atoms with Crippen LogP contribution in [-0.4, -0.2) is 23.4 Å². The third-order valence-corrected chi connectivity index (χ3v) is 1.96. The molecule has 0 saturated carbocycles. The average molecular weight is 144 g/mol. The summed E-state index contributed by atoms with van der Waals surface area (Å²) in [6.07, 6.45) is 0.0247. The van der Waals surface area contributed by atoms with Gasteiger partial charge in [-0.1, -0.05) is 20.8 Å². The third kappa shape index (κ3) is 1.50. The van der Waals surface area contributed by atoms with Crippen molar-refractivity contribution in [3.8, 4) is 0 Å². The van der Waals surface area contributed by atoms with Gasteiger partial charge in [-0.3, -0.25) is 0 Å². The van der Waals surface area contributed by atoms with E-state index in [-0.39, 0.29) is 23.7 Å². The first-order valence-corrected chi connectivity index (χ1v) is 3.76. The first-order chi connectivity index (χ1) is 4.43. The molecule has 1 aliphatic heterocycles. The Hall–Kier alpha value is -0.0800. The summed E-state index contributed by atoms with van der Waals surface area (Å²) in [4.78, 5) is 0. The molecule has 2 heteroatoms. The Labute approximate surface area is 62.2 Å². The number of aliphatic hydroxyl groups is 1. The fourth-order valence-corrected chi connectivity index (χ4v) is 1.03. The number of aliphatic hydroxyl groups excluding tert-OH is 1. The van der Waals surface area contributed by atoms with Gasteiger partial charge in [0.1, 0.15) is 6.10 Å². The molecule has 0 unspecified atom stereocenters. The zero-order valence-electron chi connectivity index (χ0n) is 7.09. The van der Waals surface area contributed by atoms with E-state index in [0.29, 0.717) is 0 Å². The summed E-state index contributed by atoms with van der Waals surface area (Å²) in [7, 11) is 0. The predicted molar refractivity (Wildman–Crippen MR) is 39.8 cm³/mol. The highest BCUT2D eigenvalue weighted by Crippen LogP contribution is 2.33. The quantitative estimate of drug-likeness (QED) is 0.560. The molecule has 0 aromatic heterocycles. The summed E-state index contributed by atoms with van der Waals surface area (Å²) < 4.78 is 5.16. The highest BCUT2D eigenvalue weighted by molar-refractivity contribution is 4.92. The highest BCUT2D eigenvalue weighted by Gasteiger charge is 2.45. The number of epoxide rings is 1. The lowest BCUT2D eigenvalue weighted by molar-refractivity contribution is 0.0378. The van der Waals surface area contributed by atoms with Gasteiger partial charge in [-0.15, -0.1) is 0 Å². The fourth-order valence-electron chi connectivity index (χ4n) is 1.03. The van der Waals surface area contributed by atoms with E-state index < -0.39 is 0 Å². The maximum absolute atomic E-state index is 9.57. The van der Waals surface area contributed by atoms with Gasteiger partial charge in [0.05, 0.1) is 12.2 Å². The molecule has 0 amide bonds. The molecule has 0 bridgehead atoms. The molecule has 2 nitrogen and oxygen atoms in total. The monoisotopic (exact) mass is 144 g/mol. The average Bonchev–Trinajstić information content (AvgIpc) is 2.42. The van der Waals surface area contributed by atoms with E-state index in [1.165, 1.54) is 0 Å². The zero-order valence-corrected chi connectivity index (χ0v) is 7.09. The Bertz CT molecular complexity index is 126. The molecule has 1 N–H and O–H groups in total. The Morgan fingerprint density at radius 1 is 1.40 bits per heavy atom. The Morgan fingerprint density at radius 3 is 1.90 bits per heavy atom. The molecule has 0 aromatic rings. The van der Waals surface area contributed by atoms with Crippen molar-refractivity contribution in [2.75, 3.05) is 0 Å². The van der Waals surface area contributed by atoms with Crippen LogP contribution in [0.1, 0.15) is 27.7 Å². The molecule has 0 aliphatic carbocycles. The van der Waals surface area contributed by atoms with Crippen molar-refractivity contribution in [3.63, 3.8) is 0 Å². The molecule has 1 saturated heterocycles. The van der Waals surface area contributed by atoms with Gasteiger partial charge < -0.3 is 9.84 Å². The molecule has 10 heavy (non-hydrogen) atoms. The number of rotatable bonds is 1. The maximum Gasteiger partial charge on any atom is 0.110 e. The summed E-state index contributed by atoms with van der Waals surface area (Å²) >= 11 is 0. The molecule has 1 aliphatic rings. The third-order valence-electron chi connectivity index (χ3n) is 1.96. The molecule has 3 atom stereocenters. The highest BCUT2D eigenvalue weighted by atomic mass is 16.6. The molecule has 0 aromatic carbocycles. The van der Waals surface area contributed by atoms with E-state index in [0.717, 1.165) is 0 Å². The van der Waals surface area contributed by atoms with Crippen molar-refractivity contribution in [1.82, 2.24) is 0 Å². The largest absolute Gasteiger partial charge is 0.390 e. The van der Waals surface area contributed by atoms with Crippen LogP contribution in [0.2, 0.25) is 0 Å². The second-order valence-corrected chi connectivity index (χ2v) is 4.12. The van der Waals surface area contributed by atoms with Gasteiger partial charge in [-0.25, -0.2) is 0 Å². The lowest BCUT2D eigenvalue weighted by Gasteiger charge is -2.24. The van der Waals surface area contributed by atoms with Crippen LogP contribution in [0.3, 0.4) is 0 Å². The van der Waals surface area contributed by atoms with E-state index in [4.69, 9.17) is 4.74 Å². The van der Waals surface area contributed by atoms with Crippen LogP contribution in [0.15, 0.2) is 0 Å². The van der Waals surface area contributed by atoms with E-state index in [1.807, 2.05) is 27.7 Å². The zero-order chi connectivity index (χ0) is 7.94. The summed E-state index contributed by atoms with van der Waals surface area (Å²) in [5.41, 5.74) is -0.0462. The molecular formula is C8H16O2. The second kappa shape index (κ2) is 2.21. The van der Waals surface area contributed by atoms with Gasteiger partial charge >= 0.3 is 0 Å². The van der Waals surface area contributed by atoms with Gasteiger partial charge in [-0.05, 0) is 12.3 Å². The van der Waals surface area contributed by atoms with Crippen LogP contribution < -0.4 is 0 Å². The van der Waals surface area contributed by atoms with Gasteiger partial charge in [0.25, 0.3) is 0 Å². The molecule has 1 fully saturated rings. The standard InChI is InChI=1S/C8H16O2/c1-5-6(10-5)7(9)8(2,3)4/h5-7,9H,1-4H3/t5-,6-,7+/m0/s1. The van der Waals surface area contributed by atoms with Crippen molar-refractivity contribution >= 4 is 0 Å². The van der Waals surface area contributed by atoms with Gasteiger partial charge in [0.2, 0.25) is 0 Å². The topological polar surface area (TPSA) is 32.8 Å². The Balaban J connectivity index is 2.42. The van der Waals surface area contributed by atoms with Crippen molar-refractivity contribution in [2.24, 2.45) is 5.41 Å². The Morgan fingerprint density at radius 2 is 1.80 bits per heavy atom. The van der Waals surface area contributed by atoms with E-state index >= 15 is 0 Å². The molecule has 1 heterocycles. The molecule has 1 rings (SSSR count). The van der Waals surface area contributed by atoms with Crippen molar-refractivity contribution in [2.45, 2.75) is 46.0 Å². The maximum atomic E-state index is 9.57. The van der Waals surface area contributed by atoms with Crippen molar-refractivity contribution < 1.29 is 9.84 Å². The van der Waals surface area contributed by atoms with Crippen LogP contribution >= 0.6 is 0 Å². The Kier molecular flexibility index (Phi) is 1.77. The summed E-state index contributed by atoms with van der Waals surface area (Å²) in [6.45, 7) is 8.05. The van der Waals surface area contributed by atoms with E-state index in [2.05, 4.69) is 0 Å². The van der Waals surface area contributed by atoms with Gasteiger partial charge in [0, 0.05) is 0 Å². The second-order valence-electron chi connectivity index (χ2n) is 4.12. The number of ether oxygens (including phenoxy) is 1. The lowest BCUT2D eigenvalue weighted by atomic mass is 9.86. The SMILES string of the molecule is C[C@@H]1O[C@@H]1[C@@H](O)C(C)(C)C. The van der Waals surface area contributed by atoms with Crippen molar-refractivity contribution in [3.05, 3.63) is 0 Å². The summed E-state index contributed by atoms with van der Waals surface area (Å²) in [5, 5.41) is 9.57. The minimum Gasteiger partial charge on any atom is -0.390 e. The normalized spacial score (nSPS) is 35.7.